The molecular weight excluding hydrogens is 446 g/mol. The molecule has 1 saturated heterocycles. The van der Waals surface area contributed by atoms with Gasteiger partial charge in [-0.05, 0) is 47.9 Å². The second-order valence-electron chi connectivity index (χ2n) is 8.67. The van der Waals surface area contributed by atoms with Crippen LogP contribution < -0.4 is 14.4 Å². The predicted molar refractivity (Wildman–Crippen MR) is 133 cm³/mol. The molecule has 1 unspecified atom stereocenters. The van der Waals surface area contributed by atoms with Gasteiger partial charge < -0.3 is 19.7 Å². The number of aliphatic hydroxyl groups excluding tert-OH is 1. The molecule has 2 N–H and O–H groups in total. The van der Waals surface area contributed by atoms with Crippen LogP contribution in [-0.4, -0.2) is 35.6 Å². The number of phenolic OH excluding ortho intramolecular Hbond substituents is 1. The van der Waals surface area contributed by atoms with Crippen molar-refractivity contribution in [1.29, 1.82) is 0 Å². The summed E-state index contributed by atoms with van der Waals surface area (Å²) in [5.74, 6) is -0.829. The summed E-state index contributed by atoms with van der Waals surface area (Å²) in [6.07, 6.45) is 0. The lowest BCUT2D eigenvalue weighted by Crippen LogP contribution is -2.29. The Kier molecular flexibility index (Phi) is 6.78. The standard InChI is InChI=1S/C28H27NO6/c1-17(2)16-35-21-11-7-9-19(15-21)26(31)24-25(18-8-6-10-20(14-18)34-3)29(28(33)27(24)32)22-12-4-5-13-23(22)30/h4-15,17,25,30-31H,16H2,1-3H3/b26-24-. The largest absolute Gasteiger partial charge is 0.507 e. The van der Waals surface area contributed by atoms with Gasteiger partial charge in [-0.1, -0.05) is 50.2 Å². The molecule has 7 heteroatoms. The minimum absolute atomic E-state index is 0.0903. The molecule has 1 fully saturated rings. The highest BCUT2D eigenvalue weighted by Crippen LogP contribution is 2.45. The fourth-order valence-electron chi connectivity index (χ4n) is 4.03. The summed E-state index contributed by atoms with van der Waals surface area (Å²) in [6, 6.07) is 18.9. The molecular formula is C28H27NO6. The van der Waals surface area contributed by atoms with E-state index >= 15 is 0 Å². The van der Waals surface area contributed by atoms with Gasteiger partial charge in [0.2, 0.25) is 0 Å². The highest BCUT2D eigenvalue weighted by molar-refractivity contribution is 6.51. The molecule has 0 aliphatic carbocycles. The number of ether oxygens (including phenoxy) is 2. The third kappa shape index (κ3) is 4.71. The van der Waals surface area contributed by atoms with E-state index in [1.165, 1.54) is 18.1 Å². The first-order chi connectivity index (χ1) is 16.8. The molecule has 1 heterocycles. The summed E-state index contributed by atoms with van der Waals surface area (Å²) in [5, 5.41) is 21.8. The van der Waals surface area contributed by atoms with Gasteiger partial charge in [0.05, 0.1) is 31.0 Å². The lowest BCUT2D eigenvalue weighted by Gasteiger charge is -2.26. The van der Waals surface area contributed by atoms with Gasteiger partial charge in [0.25, 0.3) is 11.7 Å². The van der Waals surface area contributed by atoms with Crippen molar-refractivity contribution in [1.82, 2.24) is 0 Å². The van der Waals surface area contributed by atoms with Gasteiger partial charge in [-0.15, -0.1) is 0 Å². The Morgan fingerprint density at radius 2 is 1.69 bits per heavy atom. The number of hydrogen-bond donors (Lipinski definition) is 2. The van der Waals surface area contributed by atoms with Crippen LogP contribution in [0.3, 0.4) is 0 Å². The molecule has 3 aromatic carbocycles. The quantitative estimate of drug-likeness (QED) is 0.283. The SMILES string of the molecule is COc1cccc(C2/C(=C(/O)c3cccc(OCC(C)C)c3)C(=O)C(=O)N2c2ccccc2O)c1. The minimum Gasteiger partial charge on any atom is -0.507 e. The zero-order chi connectivity index (χ0) is 25.1. The molecule has 180 valence electrons. The lowest BCUT2D eigenvalue weighted by molar-refractivity contribution is -0.132. The number of anilines is 1. The summed E-state index contributed by atoms with van der Waals surface area (Å²) in [4.78, 5) is 27.8. The van der Waals surface area contributed by atoms with Crippen LogP contribution >= 0.6 is 0 Å². The van der Waals surface area contributed by atoms with Crippen LogP contribution in [0.4, 0.5) is 5.69 Å². The molecule has 4 rings (SSSR count). The number of Topliss-reactive ketones (excluding diaryl/α,β-unsaturated/α-hetero) is 1. The van der Waals surface area contributed by atoms with Crippen molar-refractivity contribution in [3.8, 4) is 17.2 Å². The number of benzene rings is 3. The third-order valence-corrected chi connectivity index (χ3v) is 5.69. The maximum Gasteiger partial charge on any atom is 0.300 e. The minimum atomic E-state index is -0.987. The van der Waals surface area contributed by atoms with Crippen molar-refractivity contribution in [3.05, 3.63) is 89.5 Å². The van der Waals surface area contributed by atoms with E-state index in [0.717, 1.165) is 0 Å². The lowest BCUT2D eigenvalue weighted by atomic mass is 9.95. The Hall–Kier alpha value is -4.26. The van der Waals surface area contributed by atoms with E-state index in [-0.39, 0.29) is 22.8 Å². The van der Waals surface area contributed by atoms with E-state index in [1.807, 2.05) is 13.8 Å². The number of aromatic hydroxyl groups is 1. The van der Waals surface area contributed by atoms with E-state index in [1.54, 1.807) is 66.7 Å². The van der Waals surface area contributed by atoms with Crippen LogP contribution in [-0.2, 0) is 9.59 Å². The van der Waals surface area contributed by atoms with Crippen LogP contribution in [0.2, 0.25) is 0 Å². The number of aliphatic hydroxyl groups is 1. The molecule has 1 aliphatic rings. The van der Waals surface area contributed by atoms with Gasteiger partial charge in [-0.2, -0.15) is 0 Å². The summed E-state index contributed by atoms with van der Waals surface area (Å²) >= 11 is 0. The average Bonchev–Trinajstić information content (AvgIpc) is 3.13. The van der Waals surface area contributed by atoms with E-state index < -0.39 is 17.7 Å². The second kappa shape index (κ2) is 9.93. The van der Waals surface area contributed by atoms with Crippen LogP contribution in [0.15, 0.2) is 78.4 Å². The molecule has 35 heavy (non-hydrogen) atoms. The molecule has 3 aromatic rings. The summed E-state index contributed by atoms with van der Waals surface area (Å²) in [7, 11) is 1.52. The van der Waals surface area contributed by atoms with E-state index in [0.29, 0.717) is 35.2 Å². The average molecular weight is 474 g/mol. The fourth-order valence-corrected chi connectivity index (χ4v) is 4.03. The van der Waals surface area contributed by atoms with Crippen molar-refractivity contribution in [2.45, 2.75) is 19.9 Å². The Balaban J connectivity index is 1.89. The number of phenols is 1. The van der Waals surface area contributed by atoms with Crippen molar-refractivity contribution < 1.29 is 29.3 Å². The molecule has 0 spiro atoms. The second-order valence-corrected chi connectivity index (χ2v) is 8.67. The Bertz CT molecular complexity index is 1300. The first-order valence-corrected chi connectivity index (χ1v) is 11.3. The maximum atomic E-state index is 13.3. The predicted octanol–water partition coefficient (Wildman–Crippen LogP) is 5.06. The fraction of sp³-hybridized carbons (Fsp3) is 0.214. The first kappa shape index (κ1) is 23.9. The molecule has 1 atom stereocenters. The number of amides is 1. The van der Waals surface area contributed by atoms with Crippen molar-refractivity contribution in [2.24, 2.45) is 5.92 Å². The van der Waals surface area contributed by atoms with Crippen molar-refractivity contribution >= 4 is 23.1 Å². The highest BCUT2D eigenvalue weighted by Gasteiger charge is 2.47. The number of carbonyl (C=O) groups is 2. The van der Waals surface area contributed by atoms with Gasteiger partial charge >= 0.3 is 0 Å². The van der Waals surface area contributed by atoms with E-state index in [2.05, 4.69) is 0 Å². The molecule has 0 aromatic heterocycles. The Morgan fingerprint density at radius 3 is 2.40 bits per heavy atom. The maximum absolute atomic E-state index is 13.3. The summed E-state index contributed by atoms with van der Waals surface area (Å²) < 4.78 is 11.1. The number of rotatable bonds is 7. The van der Waals surface area contributed by atoms with Crippen LogP contribution in [0, 0.1) is 5.92 Å². The number of ketones is 1. The van der Waals surface area contributed by atoms with Crippen LogP contribution in [0.1, 0.15) is 31.0 Å². The Labute approximate surface area is 203 Å². The summed E-state index contributed by atoms with van der Waals surface area (Å²) in [6.45, 7) is 4.54. The number of hydrogen-bond acceptors (Lipinski definition) is 6. The van der Waals surface area contributed by atoms with Gasteiger partial charge in [-0.3, -0.25) is 14.5 Å². The van der Waals surface area contributed by atoms with Crippen molar-refractivity contribution in [2.75, 3.05) is 18.6 Å². The third-order valence-electron chi connectivity index (χ3n) is 5.69. The van der Waals surface area contributed by atoms with Crippen LogP contribution in [0.5, 0.6) is 17.2 Å². The van der Waals surface area contributed by atoms with E-state index in [4.69, 9.17) is 9.47 Å². The summed E-state index contributed by atoms with van der Waals surface area (Å²) in [5.41, 5.74) is 0.956. The normalized spacial score (nSPS) is 17.1. The van der Waals surface area contributed by atoms with Gasteiger partial charge in [0.15, 0.2) is 0 Å². The molecule has 1 aliphatic heterocycles. The number of para-hydroxylation sites is 2. The number of carbonyl (C=O) groups excluding carboxylic acids is 2. The zero-order valence-corrected chi connectivity index (χ0v) is 19.8. The molecule has 7 nitrogen and oxygen atoms in total. The molecule has 0 radical (unpaired) electrons. The smallest absolute Gasteiger partial charge is 0.300 e. The van der Waals surface area contributed by atoms with Crippen LogP contribution in [0.25, 0.3) is 5.76 Å². The number of methoxy groups -OCH3 is 1. The molecule has 0 bridgehead atoms. The highest BCUT2D eigenvalue weighted by atomic mass is 16.5. The van der Waals surface area contributed by atoms with Gasteiger partial charge in [0, 0.05) is 5.56 Å². The topological polar surface area (TPSA) is 96.3 Å². The molecule has 0 saturated carbocycles. The van der Waals surface area contributed by atoms with Gasteiger partial charge in [0.1, 0.15) is 23.0 Å². The number of nitrogens with zero attached hydrogens (tertiary/aromatic N) is 1. The Morgan fingerprint density at radius 1 is 0.971 bits per heavy atom. The first-order valence-electron chi connectivity index (χ1n) is 11.3. The van der Waals surface area contributed by atoms with Crippen molar-refractivity contribution in [3.63, 3.8) is 0 Å². The van der Waals surface area contributed by atoms with E-state index in [9.17, 15) is 19.8 Å². The van der Waals surface area contributed by atoms with Gasteiger partial charge in [-0.25, -0.2) is 0 Å². The zero-order valence-electron chi connectivity index (χ0n) is 19.8. The monoisotopic (exact) mass is 473 g/mol. The molecule has 1 amide bonds.